The molecule has 288 valence electrons. The van der Waals surface area contributed by atoms with Crippen LogP contribution < -0.4 is 11.1 Å². The van der Waals surface area contributed by atoms with Gasteiger partial charge in [-0.15, -0.1) is 0 Å². The van der Waals surface area contributed by atoms with Gasteiger partial charge in [-0.2, -0.15) is 0 Å². The van der Waals surface area contributed by atoms with Gasteiger partial charge in [0.05, 0.1) is 37.9 Å². The van der Waals surface area contributed by atoms with Gasteiger partial charge in [0, 0.05) is 6.54 Å². The Morgan fingerprint density at radius 1 is 0.694 bits per heavy atom. The van der Waals surface area contributed by atoms with Gasteiger partial charge in [0.15, 0.2) is 0 Å². The van der Waals surface area contributed by atoms with Crippen LogP contribution in [0.5, 0.6) is 0 Å². The van der Waals surface area contributed by atoms with Crippen molar-refractivity contribution in [2.24, 2.45) is 5.73 Å². The highest BCUT2D eigenvalue weighted by atomic mass is 31.2. The molecule has 4 unspecified atom stereocenters. The van der Waals surface area contributed by atoms with E-state index in [4.69, 9.17) is 14.8 Å². The smallest absolute Gasteiger partial charge is 0.393 e. The largest absolute Gasteiger partial charge is 0.472 e. The minimum absolute atomic E-state index is 0.0430. The summed E-state index contributed by atoms with van der Waals surface area (Å²) in [5, 5.41) is 23.9. The molecule has 0 aliphatic carbocycles. The number of aliphatic hydroxyl groups is 2. The number of amides is 1. The van der Waals surface area contributed by atoms with Crippen molar-refractivity contribution in [1.29, 1.82) is 0 Å². The molecule has 0 aromatic carbocycles. The lowest BCUT2D eigenvalue weighted by molar-refractivity contribution is -0.124. The third kappa shape index (κ3) is 33.6. The van der Waals surface area contributed by atoms with Crippen LogP contribution in [0.1, 0.15) is 168 Å². The Bertz CT molecular complexity index is 883. The number of rotatable bonds is 36. The van der Waals surface area contributed by atoms with E-state index in [0.29, 0.717) is 12.8 Å². The highest BCUT2D eigenvalue weighted by Crippen LogP contribution is 2.43. The molecule has 0 aliphatic rings. The van der Waals surface area contributed by atoms with Gasteiger partial charge in [0.1, 0.15) is 0 Å². The monoisotopic (exact) mass is 715 g/mol. The molecule has 0 aromatic heterocycles. The Balaban J connectivity index is 4.36. The van der Waals surface area contributed by atoms with Crippen molar-refractivity contribution in [3.8, 4) is 0 Å². The molecule has 0 bridgehead atoms. The second kappa shape index (κ2) is 35.1. The molecule has 9 nitrogen and oxygen atoms in total. The van der Waals surface area contributed by atoms with Crippen molar-refractivity contribution in [3.63, 3.8) is 0 Å². The average molecular weight is 715 g/mol. The Morgan fingerprint density at radius 2 is 1.16 bits per heavy atom. The summed E-state index contributed by atoms with van der Waals surface area (Å²) in [5.74, 6) is -0.464. The first kappa shape index (κ1) is 47.7. The summed E-state index contributed by atoms with van der Waals surface area (Å²) in [6.07, 6.45) is 36.7. The Morgan fingerprint density at radius 3 is 1.71 bits per heavy atom. The van der Waals surface area contributed by atoms with Crippen LogP contribution >= 0.6 is 7.82 Å². The lowest BCUT2D eigenvalue weighted by atomic mass is 10.0. The number of hydrogen-bond acceptors (Lipinski definition) is 7. The zero-order chi connectivity index (χ0) is 36.3. The fourth-order valence-electron chi connectivity index (χ4n) is 5.48. The molecule has 1 amide bonds. The molecule has 0 saturated carbocycles. The molecular formula is C39H75N2O7P. The molecule has 0 spiro atoms. The number of carbonyl (C=O) groups excluding carboxylic acids is 1. The van der Waals surface area contributed by atoms with Crippen molar-refractivity contribution in [1.82, 2.24) is 5.32 Å². The molecule has 0 aromatic rings. The van der Waals surface area contributed by atoms with Crippen LogP contribution in [0, 0.1) is 0 Å². The molecule has 49 heavy (non-hydrogen) atoms. The number of carbonyl (C=O) groups is 1. The van der Waals surface area contributed by atoms with E-state index in [-0.39, 0.29) is 19.6 Å². The molecule has 0 fully saturated rings. The van der Waals surface area contributed by atoms with Crippen molar-refractivity contribution < 1.29 is 33.5 Å². The van der Waals surface area contributed by atoms with Gasteiger partial charge >= 0.3 is 7.82 Å². The number of phosphoric acid groups is 1. The summed E-state index contributed by atoms with van der Waals surface area (Å²) in [4.78, 5) is 22.6. The number of phosphoric ester groups is 1. The maximum atomic E-state index is 12.7. The predicted octanol–water partition coefficient (Wildman–Crippen LogP) is 9.36. The topological polar surface area (TPSA) is 151 Å². The van der Waals surface area contributed by atoms with E-state index in [0.717, 1.165) is 44.9 Å². The highest BCUT2D eigenvalue weighted by Gasteiger charge is 2.27. The van der Waals surface area contributed by atoms with Crippen molar-refractivity contribution >= 4 is 13.7 Å². The van der Waals surface area contributed by atoms with Crippen molar-refractivity contribution in [3.05, 3.63) is 36.5 Å². The summed E-state index contributed by atoms with van der Waals surface area (Å²) in [5.41, 5.74) is 5.34. The molecule has 0 rings (SSSR count). The predicted molar refractivity (Wildman–Crippen MR) is 204 cm³/mol. The van der Waals surface area contributed by atoms with E-state index in [9.17, 15) is 24.5 Å². The van der Waals surface area contributed by atoms with Gasteiger partial charge in [-0.25, -0.2) is 4.57 Å². The van der Waals surface area contributed by atoms with Crippen LogP contribution in [0.4, 0.5) is 0 Å². The third-order valence-electron chi connectivity index (χ3n) is 8.49. The zero-order valence-corrected chi connectivity index (χ0v) is 32.2. The molecule has 0 radical (unpaired) electrons. The molecule has 0 heterocycles. The molecular weight excluding hydrogens is 639 g/mol. The average Bonchev–Trinajstić information content (AvgIpc) is 3.07. The Labute approximate surface area is 300 Å². The van der Waals surface area contributed by atoms with E-state index in [1.54, 1.807) is 6.08 Å². The normalized spacial score (nSPS) is 15.3. The summed E-state index contributed by atoms with van der Waals surface area (Å²) >= 11 is 0. The number of aliphatic hydroxyl groups excluding tert-OH is 2. The maximum Gasteiger partial charge on any atom is 0.472 e. The Hall–Kier alpha value is -1.32. The van der Waals surface area contributed by atoms with Gasteiger partial charge in [-0.3, -0.25) is 13.8 Å². The maximum absolute atomic E-state index is 12.7. The standard InChI is InChI=1S/C39H75N2O7P/c1-3-5-7-9-11-13-15-16-17-18-19-20-21-22-24-26-28-30-36(42)34-39(44)41-37(35-48-49(45,46)47-33-32-40)38(43)31-29-27-25-23-14-12-10-8-6-4-2/h14,18-19,23,29,31,36-38,42-43H,3-13,15-17,20-22,24-28,30,32-35,40H2,1-2H3,(H,41,44)(H,45,46)/b19-18-,23-14+,31-29+. The lowest BCUT2D eigenvalue weighted by Gasteiger charge is -2.24. The van der Waals surface area contributed by atoms with Gasteiger partial charge < -0.3 is 26.2 Å². The van der Waals surface area contributed by atoms with Crippen LogP contribution in [0.2, 0.25) is 0 Å². The number of nitrogens with two attached hydrogens (primary N) is 1. The lowest BCUT2D eigenvalue weighted by Crippen LogP contribution is -2.46. The molecule has 6 N–H and O–H groups in total. The molecule has 4 atom stereocenters. The Kier molecular flexibility index (Phi) is 34.2. The molecule has 0 aliphatic heterocycles. The summed E-state index contributed by atoms with van der Waals surface area (Å²) in [6.45, 7) is 3.89. The fraction of sp³-hybridized carbons (Fsp3) is 0.821. The second-order valence-electron chi connectivity index (χ2n) is 13.3. The number of allylic oxidation sites excluding steroid dienone is 5. The minimum atomic E-state index is -4.40. The first-order valence-electron chi connectivity index (χ1n) is 19.7. The van der Waals surface area contributed by atoms with E-state index < -0.39 is 38.6 Å². The van der Waals surface area contributed by atoms with E-state index in [1.165, 1.54) is 89.9 Å². The van der Waals surface area contributed by atoms with Gasteiger partial charge in [0.25, 0.3) is 0 Å². The fourth-order valence-corrected chi connectivity index (χ4v) is 6.24. The summed E-state index contributed by atoms with van der Waals surface area (Å²) < 4.78 is 21.9. The van der Waals surface area contributed by atoms with E-state index in [2.05, 4.69) is 43.5 Å². The molecule has 10 heteroatoms. The van der Waals surface area contributed by atoms with Crippen molar-refractivity contribution in [2.75, 3.05) is 19.8 Å². The van der Waals surface area contributed by atoms with Crippen LogP contribution in [0.15, 0.2) is 36.5 Å². The first-order chi connectivity index (χ1) is 23.8. The summed E-state index contributed by atoms with van der Waals surface area (Å²) in [7, 11) is -4.40. The van der Waals surface area contributed by atoms with Crippen molar-refractivity contribution in [2.45, 2.75) is 186 Å². The van der Waals surface area contributed by atoms with Gasteiger partial charge in [-0.05, 0) is 57.8 Å². The number of unbranched alkanes of at least 4 members (excludes halogenated alkanes) is 18. The third-order valence-corrected chi connectivity index (χ3v) is 9.48. The van der Waals surface area contributed by atoms with Gasteiger partial charge in [-0.1, -0.05) is 140 Å². The zero-order valence-electron chi connectivity index (χ0n) is 31.3. The van der Waals surface area contributed by atoms with Crippen LogP contribution in [0.3, 0.4) is 0 Å². The van der Waals surface area contributed by atoms with E-state index in [1.807, 2.05) is 6.08 Å². The summed E-state index contributed by atoms with van der Waals surface area (Å²) in [6, 6.07) is -0.999. The first-order valence-corrected chi connectivity index (χ1v) is 21.2. The quantitative estimate of drug-likeness (QED) is 0.0245. The van der Waals surface area contributed by atoms with Gasteiger partial charge in [0.2, 0.25) is 5.91 Å². The number of nitrogens with one attached hydrogen (secondary N) is 1. The van der Waals surface area contributed by atoms with Crippen LogP contribution in [0.25, 0.3) is 0 Å². The highest BCUT2D eigenvalue weighted by molar-refractivity contribution is 7.47. The SMILES string of the molecule is CCCCCC/C=C/CC/C=C/C(O)C(COP(=O)(O)OCCN)NC(=O)CC(O)CCCCCCC/C=C\CCCCCCCCCC. The van der Waals surface area contributed by atoms with E-state index >= 15 is 0 Å². The second-order valence-corrected chi connectivity index (χ2v) is 14.8. The van der Waals surface area contributed by atoms with Crippen LogP contribution in [-0.2, 0) is 18.4 Å². The molecule has 0 saturated heterocycles. The number of hydrogen-bond donors (Lipinski definition) is 5. The minimum Gasteiger partial charge on any atom is -0.393 e. The van der Waals surface area contributed by atoms with Crippen LogP contribution in [-0.4, -0.2) is 59.0 Å².